The quantitative estimate of drug-likeness (QED) is 0.632. The molecule has 0 bridgehead atoms. The summed E-state index contributed by atoms with van der Waals surface area (Å²) in [6.07, 6.45) is -4.57. The maximum absolute atomic E-state index is 12.8. The molecule has 0 radical (unpaired) electrons. The zero-order chi connectivity index (χ0) is 15.2. The van der Waals surface area contributed by atoms with Crippen molar-refractivity contribution in [3.63, 3.8) is 0 Å². The minimum atomic E-state index is -4.57. The van der Waals surface area contributed by atoms with Gasteiger partial charge in [-0.3, -0.25) is 14.4 Å². The Balaban J connectivity index is 2.32. The predicted molar refractivity (Wildman–Crippen MR) is 58.9 cm³/mol. The van der Waals surface area contributed by atoms with E-state index in [0.717, 1.165) is 12.1 Å². The second-order valence-electron chi connectivity index (χ2n) is 3.62. The van der Waals surface area contributed by atoms with E-state index in [4.69, 9.17) is 0 Å². The molecule has 0 heterocycles. The van der Waals surface area contributed by atoms with Crippen LogP contribution in [0.15, 0.2) is 24.3 Å². The monoisotopic (exact) mass is 294 g/mol. The molecule has 1 rings (SSSR count). The Labute approximate surface area is 110 Å². The van der Waals surface area contributed by atoms with E-state index in [2.05, 4.69) is 10.2 Å². The van der Waals surface area contributed by atoms with Crippen molar-refractivity contribution in [2.45, 2.75) is 6.18 Å². The molecule has 0 saturated carbocycles. The second kappa shape index (κ2) is 6.85. The highest BCUT2D eigenvalue weighted by Crippen LogP contribution is 2.13. The number of carbonyl (C=O) groups excluding carboxylic acids is 2. The summed E-state index contributed by atoms with van der Waals surface area (Å²) >= 11 is 0. The smallest absolute Gasteiger partial charge is 0.343 e. The van der Waals surface area contributed by atoms with E-state index in [1.54, 1.807) is 0 Å². The first kappa shape index (κ1) is 15.9. The van der Waals surface area contributed by atoms with E-state index in [1.807, 2.05) is 0 Å². The van der Waals surface area contributed by atoms with Crippen molar-refractivity contribution in [1.29, 1.82) is 0 Å². The van der Waals surface area contributed by atoms with Gasteiger partial charge in [0.1, 0.15) is 5.82 Å². The Morgan fingerprint density at radius 2 is 1.95 bits per heavy atom. The second-order valence-corrected chi connectivity index (χ2v) is 3.62. The van der Waals surface area contributed by atoms with E-state index in [0.29, 0.717) is 0 Å². The van der Waals surface area contributed by atoms with Crippen molar-refractivity contribution in [1.82, 2.24) is 10.8 Å². The molecule has 20 heavy (non-hydrogen) atoms. The number of nitrogens with one attached hydrogen (secondary N) is 2. The fraction of sp³-hybridized carbons (Fsp3) is 0.273. The molecule has 0 aliphatic carbocycles. The van der Waals surface area contributed by atoms with Crippen LogP contribution < -0.4 is 10.8 Å². The van der Waals surface area contributed by atoms with E-state index in [9.17, 15) is 27.2 Å². The van der Waals surface area contributed by atoms with Crippen molar-refractivity contribution < 1.29 is 32.0 Å². The van der Waals surface area contributed by atoms with Gasteiger partial charge in [-0.05, 0) is 18.2 Å². The molecule has 5 nitrogen and oxygen atoms in total. The number of rotatable bonds is 5. The van der Waals surface area contributed by atoms with E-state index in [-0.39, 0.29) is 5.56 Å². The minimum absolute atomic E-state index is 0.0194. The highest BCUT2D eigenvalue weighted by Gasteiger charge is 2.28. The summed E-state index contributed by atoms with van der Waals surface area (Å²) in [5, 5.41) is 2.09. The molecule has 1 aromatic carbocycles. The van der Waals surface area contributed by atoms with Crippen LogP contribution in [0.3, 0.4) is 0 Å². The van der Waals surface area contributed by atoms with Gasteiger partial charge in [0, 0.05) is 5.56 Å². The van der Waals surface area contributed by atoms with Crippen LogP contribution in [-0.4, -0.2) is 31.1 Å². The molecule has 0 spiro atoms. The molecule has 0 saturated heterocycles. The number of hydrogen-bond acceptors (Lipinski definition) is 3. The number of alkyl halides is 3. The molecule has 0 aliphatic heterocycles. The summed E-state index contributed by atoms with van der Waals surface area (Å²) in [4.78, 5) is 26.4. The maximum atomic E-state index is 12.8. The lowest BCUT2D eigenvalue weighted by atomic mass is 10.2. The molecule has 0 aromatic heterocycles. The van der Waals surface area contributed by atoms with Crippen molar-refractivity contribution in [3.05, 3.63) is 35.6 Å². The zero-order valence-electron chi connectivity index (χ0n) is 9.96. The Kier molecular flexibility index (Phi) is 5.44. The first-order chi connectivity index (χ1) is 9.28. The van der Waals surface area contributed by atoms with E-state index < -0.39 is 37.0 Å². The number of hydroxylamine groups is 1. The molecule has 0 aliphatic rings. The van der Waals surface area contributed by atoms with E-state index >= 15 is 0 Å². The van der Waals surface area contributed by atoms with E-state index in [1.165, 1.54) is 17.6 Å². The summed E-state index contributed by atoms with van der Waals surface area (Å²) in [5.41, 5.74) is 1.49. The normalized spacial score (nSPS) is 11.0. The molecular weight excluding hydrogens is 284 g/mol. The predicted octanol–water partition coefficient (Wildman–Crippen LogP) is 1.17. The number of halogens is 4. The number of amides is 2. The van der Waals surface area contributed by atoms with Gasteiger partial charge in [-0.25, -0.2) is 9.87 Å². The molecule has 110 valence electrons. The van der Waals surface area contributed by atoms with Crippen LogP contribution in [0, 0.1) is 5.82 Å². The largest absolute Gasteiger partial charge is 0.414 e. The molecule has 9 heteroatoms. The first-order valence-corrected chi connectivity index (χ1v) is 5.29. The van der Waals surface area contributed by atoms with Crippen LogP contribution in [0.2, 0.25) is 0 Å². The average Bonchev–Trinajstić information content (AvgIpc) is 2.34. The Bertz CT molecular complexity index is 491. The topological polar surface area (TPSA) is 67.4 Å². The molecule has 2 amide bonds. The molecule has 2 N–H and O–H groups in total. The maximum Gasteiger partial charge on any atom is 0.414 e. The summed E-state index contributed by atoms with van der Waals surface area (Å²) in [6.45, 7) is -2.25. The third-order valence-electron chi connectivity index (χ3n) is 1.92. The fourth-order valence-electron chi connectivity index (χ4n) is 1.13. The molecule has 1 aromatic rings. The van der Waals surface area contributed by atoms with Crippen LogP contribution in [0.4, 0.5) is 17.6 Å². The van der Waals surface area contributed by atoms with Crippen LogP contribution in [0.1, 0.15) is 10.4 Å². The Morgan fingerprint density at radius 1 is 1.25 bits per heavy atom. The van der Waals surface area contributed by atoms with Gasteiger partial charge in [-0.15, -0.1) is 0 Å². The summed E-state index contributed by atoms with van der Waals surface area (Å²) in [7, 11) is 0. The summed E-state index contributed by atoms with van der Waals surface area (Å²) in [5.74, 6) is -2.34. The average molecular weight is 294 g/mol. The standard InChI is InChI=1S/C11H10F4N2O3/c12-8-3-1-2-7(4-8)10(19)16-5-9(18)17-20-6-11(13,14)15/h1-4H,5-6H2,(H,16,19)(H,17,18). The first-order valence-electron chi connectivity index (χ1n) is 5.29. The van der Waals surface area contributed by atoms with Crippen molar-refractivity contribution >= 4 is 11.8 Å². The number of hydrogen-bond donors (Lipinski definition) is 2. The van der Waals surface area contributed by atoms with Crippen LogP contribution in [0.25, 0.3) is 0 Å². The molecule has 0 atom stereocenters. The number of benzene rings is 1. The number of carbonyl (C=O) groups is 2. The van der Waals surface area contributed by atoms with Crippen LogP contribution in [-0.2, 0) is 9.63 Å². The lowest BCUT2D eigenvalue weighted by Gasteiger charge is -2.09. The highest BCUT2D eigenvalue weighted by molar-refractivity contribution is 5.96. The fourth-order valence-corrected chi connectivity index (χ4v) is 1.13. The lowest BCUT2D eigenvalue weighted by molar-refractivity contribution is -0.191. The van der Waals surface area contributed by atoms with Crippen molar-refractivity contribution in [2.24, 2.45) is 0 Å². The summed E-state index contributed by atoms with van der Waals surface area (Å²) in [6, 6.07) is 4.70. The van der Waals surface area contributed by atoms with Gasteiger partial charge in [0.2, 0.25) is 0 Å². The minimum Gasteiger partial charge on any atom is -0.343 e. The van der Waals surface area contributed by atoms with Crippen LogP contribution in [0.5, 0.6) is 0 Å². The Hall–Kier alpha value is -2.16. The third kappa shape index (κ3) is 6.14. The van der Waals surface area contributed by atoms with Crippen molar-refractivity contribution in [2.75, 3.05) is 13.2 Å². The molecule has 0 fully saturated rings. The zero-order valence-corrected chi connectivity index (χ0v) is 9.96. The van der Waals surface area contributed by atoms with Gasteiger partial charge in [0.25, 0.3) is 11.8 Å². The highest BCUT2D eigenvalue weighted by atomic mass is 19.4. The van der Waals surface area contributed by atoms with Gasteiger partial charge < -0.3 is 5.32 Å². The summed E-state index contributed by atoms with van der Waals surface area (Å²) < 4.78 is 47.9. The van der Waals surface area contributed by atoms with Gasteiger partial charge in [-0.2, -0.15) is 13.2 Å². The third-order valence-corrected chi connectivity index (χ3v) is 1.92. The van der Waals surface area contributed by atoms with Crippen LogP contribution >= 0.6 is 0 Å². The molecular formula is C11H10F4N2O3. The van der Waals surface area contributed by atoms with Gasteiger partial charge in [0.15, 0.2) is 6.61 Å². The lowest BCUT2D eigenvalue weighted by Crippen LogP contribution is -2.38. The van der Waals surface area contributed by atoms with Crippen molar-refractivity contribution in [3.8, 4) is 0 Å². The SMILES string of the molecule is O=C(CNC(=O)c1cccc(F)c1)NOCC(F)(F)F. The van der Waals surface area contributed by atoms with Gasteiger partial charge in [0.05, 0.1) is 6.54 Å². The van der Waals surface area contributed by atoms with Gasteiger partial charge in [-0.1, -0.05) is 6.07 Å². The molecule has 0 unspecified atom stereocenters. The van der Waals surface area contributed by atoms with Gasteiger partial charge >= 0.3 is 6.18 Å². The Morgan fingerprint density at radius 3 is 2.55 bits per heavy atom.